The summed E-state index contributed by atoms with van der Waals surface area (Å²) in [4.78, 5) is 28.6. The number of carbonyl (C=O) groups is 2. The van der Waals surface area contributed by atoms with Gasteiger partial charge in [-0.25, -0.2) is 0 Å². The van der Waals surface area contributed by atoms with Crippen molar-refractivity contribution in [2.45, 2.75) is 37.7 Å². The van der Waals surface area contributed by atoms with Crippen LogP contribution in [0.4, 0.5) is 0 Å². The number of benzene rings is 2. The van der Waals surface area contributed by atoms with Crippen LogP contribution in [0.5, 0.6) is 17.2 Å². The third-order valence-corrected chi connectivity index (χ3v) is 6.36. The van der Waals surface area contributed by atoms with Gasteiger partial charge >= 0.3 is 0 Å². The van der Waals surface area contributed by atoms with Crippen LogP contribution >= 0.6 is 11.8 Å². The molecule has 0 saturated carbocycles. The van der Waals surface area contributed by atoms with Crippen molar-refractivity contribution < 1.29 is 23.8 Å². The van der Waals surface area contributed by atoms with Gasteiger partial charge in [0.1, 0.15) is 11.4 Å². The monoisotopic (exact) mass is 458 g/mol. The molecule has 2 aromatic carbocycles. The lowest BCUT2D eigenvalue weighted by molar-refractivity contribution is -0.126. The zero-order valence-corrected chi connectivity index (χ0v) is 20.1. The Morgan fingerprint density at radius 2 is 1.59 bits per heavy atom. The molecule has 0 radical (unpaired) electrons. The van der Waals surface area contributed by atoms with Crippen molar-refractivity contribution in [3.05, 3.63) is 53.6 Å². The quantitative estimate of drug-likeness (QED) is 0.708. The Labute approximate surface area is 193 Å². The Balaban J connectivity index is 2.05. The smallest absolute Gasteiger partial charge is 0.256 e. The summed E-state index contributed by atoms with van der Waals surface area (Å²) in [6.07, 6.45) is 0. The van der Waals surface area contributed by atoms with Crippen molar-refractivity contribution >= 4 is 23.6 Å². The maximum Gasteiger partial charge on any atom is 0.256 e. The molecule has 0 bridgehead atoms. The maximum atomic E-state index is 13.8. The fourth-order valence-corrected chi connectivity index (χ4v) is 5.07. The number of nitrogens with one attached hydrogen (secondary N) is 1. The molecule has 0 spiro atoms. The van der Waals surface area contributed by atoms with Crippen molar-refractivity contribution in [3.63, 3.8) is 0 Å². The number of thioether (sulfide) groups is 1. The second kappa shape index (κ2) is 9.73. The summed E-state index contributed by atoms with van der Waals surface area (Å²) in [6.45, 7) is 5.77. The van der Waals surface area contributed by atoms with Gasteiger partial charge in [-0.15, -0.1) is 11.8 Å². The van der Waals surface area contributed by atoms with E-state index in [2.05, 4.69) is 5.32 Å². The summed E-state index contributed by atoms with van der Waals surface area (Å²) in [6, 6.07) is 12.4. The van der Waals surface area contributed by atoms with Crippen LogP contribution in [0.2, 0.25) is 0 Å². The van der Waals surface area contributed by atoms with Gasteiger partial charge in [0, 0.05) is 16.9 Å². The van der Waals surface area contributed by atoms with Gasteiger partial charge in [0.2, 0.25) is 11.7 Å². The molecule has 32 heavy (non-hydrogen) atoms. The van der Waals surface area contributed by atoms with Crippen molar-refractivity contribution in [1.82, 2.24) is 10.2 Å². The summed E-state index contributed by atoms with van der Waals surface area (Å²) >= 11 is 1.57. The summed E-state index contributed by atoms with van der Waals surface area (Å²) in [7, 11) is 4.52. The van der Waals surface area contributed by atoms with Gasteiger partial charge in [-0.2, -0.15) is 0 Å². The number of hydrogen-bond donors (Lipinski definition) is 1. The average molecular weight is 459 g/mol. The molecule has 3 rings (SSSR count). The minimum atomic E-state index is -0.615. The fraction of sp³-hybridized carbons (Fsp3) is 0.417. The molecule has 1 aliphatic rings. The summed E-state index contributed by atoms with van der Waals surface area (Å²) < 4.78 is 16.2. The fourth-order valence-electron chi connectivity index (χ4n) is 3.64. The van der Waals surface area contributed by atoms with Crippen molar-refractivity contribution in [1.29, 1.82) is 0 Å². The van der Waals surface area contributed by atoms with Gasteiger partial charge in [-0.3, -0.25) is 9.59 Å². The minimum Gasteiger partial charge on any atom is -0.493 e. The van der Waals surface area contributed by atoms with Gasteiger partial charge in [-0.05, 0) is 38.5 Å². The predicted octanol–water partition coefficient (Wildman–Crippen LogP) is 3.88. The standard InChI is InChI=1S/C24H30N2O5S/c1-24(2,3)25-21(27)17-14-32-23(15-10-8-7-9-11-15)26(17)22(28)16-12-18(29-4)20(31-6)19(13-16)30-5/h7-13,17,23H,14H2,1-6H3,(H,25,27). The molecule has 1 N–H and O–H groups in total. The minimum absolute atomic E-state index is 0.177. The number of nitrogens with zero attached hydrogens (tertiary/aromatic N) is 1. The van der Waals surface area contributed by atoms with E-state index in [9.17, 15) is 9.59 Å². The largest absolute Gasteiger partial charge is 0.493 e. The van der Waals surface area contributed by atoms with Crippen LogP contribution in [-0.2, 0) is 4.79 Å². The molecule has 1 fully saturated rings. The van der Waals surface area contributed by atoms with E-state index in [0.29, 0.717) is 28.6 Å². The lowest BCUT2D eigenvalue weighted by Crippen LogP contribution is -2.52. The van der Waals surface area contributed by atoms with Gasteiger partial charge < -0.3 is 24.4 Å². The number of hydrogen-bond acceptors (Lipinski definition) is 6. The van der Waals surface area contributed by atoms with E-state index in [4.69, 9.17) is 14.2 Å². The third-order valence-electron chi connectivity index (χ3n) is 5.03. The molecular formula is C24H30N2O5S. The Morgan fingerprint density at radius 1 is 1.00 bits per heavy atom. The SMILES string of the molecule is COc1cc(C(=O)N2C(C(=O)NC(C)(C)C)CSC2c2ccccc2)cc(OC)c1OC. The summed E-state index contributed by atoms with van der Waals surface area (Å²) in [5.41, 5.74) is 0.911. The Morgan fingerprint density at radius 3 is 2.09 bits per heavy atom. The van der Waals surface area contributed by atoms with E-state index in [1.54, 1.807) is 28.8 Å². The molecule has 2 unspecified atom stereocenters. The van der Waals surface area contributed by atoms with Crippen molar-refractivity contribution in [3.8, 4) is 17.2 Å². The normalized spacial score (nSPS) is 18.2. The van der Waals surface area contributed by atoms with Crippen molar-refractivity contribution in [2.75, 3.05) is 27.1 Å². The van der Waals surface area contributed by atoms with Crippen LogP contribution < -0.4 is 19.5 Å². The van der Waals surface area contributed by atoms with Crippen LogP contribution in [0.25, 0.3) is 0 Å². The maximum absolute atomic E-state index is 13.8. The molecule has 2 atom stereocenters. The Kier molecular flexibility index (Phi) is 7.23. The first-order chi connectivity index (χ1) is 15.2. The molecule has 1 saturated heterocycles. The Bertz CT molecular complexity index is 949. The van der Waals surface area contributed by atoms with Gasteiger partial charge in [0.25, 0.3) is 5.91 Å². The van der Waals surface area contributed by atoms with Crippen LogP contribution in [0.1, 0.15) is 42.1 Å². The van der Waals surface area contributed by atoms with E-state index >= 15 is 0 Å². The molecule has 2 amide bonds. The number of ether oxygens (including phenoxy) is 3. The molecule has 1 heterocycles. The molecule has 7 nitrogen and oxygen atoms in total. The lowest BCUT2D eigenvalue weighted by atomic mass is 10.1. The summed E-state index contributed by atoms with van der Waals surface area (Å²) in [5, 5.41) is 2.72. The number of carbonyl (C=O) groups excluding carboxylic acids is 2. The number of amides is 2. The highest BCUT2D eigenvalue weighted by Gasteiger charge is 2.43. The topological polar surface area (TPSA) is 77.1 Å². The third kappa shape index (κ3) is 4.96. The second-order valence-electron chi connectivity index (χ2n) is 8.48. The zero-order valence-electron chi connectivity index (χ0n) is 19.3. The predicted molar refractivity (Wildman–Crippen MR) is 126 cm³/mol. The van der Waals surface area contributed by atoms with Gasteiger partial charge in [0.15, 0.2) is 11.5 Å². The average Bonchev–Trinajstić information content (AvgIpc) is 3.22. The molecule has 172 valence electrons. The summed E-state index contributed by atoms with van der Waals surface area (Å²) in [5.74, 6) is 1.21. The first-order valence-corrected chi connectivity index (χ1v) is 11.4. The van der Waals surface area contributed by atoms with Crippen molar-refractivity contribution in [2.24, 2.45) is 0 Å². The molecule has 1 aliphatic heterocycles. The van der Waals surface area contributed by atoms with Crippen LogP contribution in [-0.4, -0.2) is 55.4 Å². The highest BCUT2D eigenvalue weighted by Crippen LogP contribution is 2.44. The zero-order chi connectivity index (χ0) is 23.5. The molecule has 8 heteroatoms. The molecular weight excluding hydrogens is 428 g/mol. The van der Waals surface area contributed by atoms with E-state index in [1.165, 1.54) is 21.3 Å². The van der Waals surface area contributed by atoms with E-state index < -0.39 is 11.6 Å². The highest BCUT2D eigenvalue weighted by atomic mass is 32.2. The van der Waals surface area contributed by atoms with E-state index in [0.717, 1.165) is 5.56 Å². The van der Waals surface area contributed by atoms with Crippen LogP contribution in [0, 0.1) is 0 Å². The number of methoxy groups -OCH3 is 3. The highest BCUT2D eigenvalue weighted by molar-refractivity contribution is 7.99. The molecule has 0 aliphatic carbocycles. The van der Waals surface area contributed by atoms with E-state index in [1.807, 2.05) is 51.1 Å². The van der Waals surface area contributed by atoms with Gasteiger partial charge in [-0.1, -0.05) is 30.3 Å². The first-order valence-electron chi connectivity index (χ1n) is 10.3. The first kappa shape index (κ1) is 23.8. The number of rotatable bonds is 6. The van der Waals surface area contributed by atoms with Gasteiger partial charge in [0.05, 0.1) is 21.3 Å². The molecule has 2 aromatic rings. The van der Waals surface area contributed by atoms with Crippen LogP contribution in [0.15, 0.2) is 42.5 Å². The Hall–Kier alpha value is -2.87. The van der Waals surface area contributed by atoms with E-state index in [-0.39, 0.29) is 17.2 Å². The lowest BCUT2D eigenvalue weighted by Gasteiger charge is -2.31. The second-order valence-corrected chi connectivity index (χ2v) is 9.59. The van der Waals surface area contributed by atoms with Crippen LogP contribution in [0.3, 0.4) is 0 Å². The molecule has 0 aromatic heterocycles.